The monoisotopic (exact) mass is 754 g/mol. The van der Waals surface area contributed by atoms with Crippen LogP contribution in [0.15, 0.2) is 177 Å². The molecule has 0 amide bonds. The highest BCUT2D eigenvalue weighted by Crippen LogP contribution is 2.32. The average Bonchev–Trinajstić information content (AvgIpc) is 3.20. The van der Waals surface area contributed by atoms with Crippen molar-refractivity contribution in [1.82, 2.24) is 0 Å². The van der Waals surface area contributed by atoms with Gasteiger partial charge in [0.2, 0.25) is 0 Å². The highest BCUT2D eigenvalue weighted by atomic mass is 32.2. The highest BCUT2D eigenvalue weighted by Gasteiger charge is 2.08. The van der Waals surface area contributed by atoms with Crippen molar-refractivity contribution in [2.45, 2.75) is 58.1 Å². The Labute approximate surface area is 325 Å². The van der Waals surface area contributed by atoms with Gasteiger partial charge in [-0.25, -0.2) is 0 Å². The molecule has 0 aliphatic heterocycles. The first-order valence-corrected chi connectivity index (χ1v) is 20.4. The van der Waals surface area contributed by atoms with E-state index in [0.717, 1.165) is 67.9 Å². The Balaban J connectivity index is 0.821. The van der Waals surface area contributed by atoms with Crippen LogP contribution in [0.4, 0.5) is 0 Å². The first kappa shape index (κ1) is 38.0. The molecule has 0 radical (unpaired) electrons. The van der Waals surface area contributed by atoms with Crippen LogP contribution in [0.25, 0.3) is 22.3 Å². The summed E-state index contributed by atoms with van der Waals surface area (Å²) in [6.07, 6.45) is 4.28. The fourth-order valence-corrected chi connectivity index (χ4v) is 7.90. The summed E-state index contributed by atoms with van der Waals surface area (Å²) in [7, 11) is 0. The molecule has 0 heterocycles. The molecule has 0 aliphatic carbocycles. The lowest BCUT2D eigenvalue weighted by molar-refractivity contribution is -0.111. The van der Waals surface area contributed by atoms with Crippen LogP contribution in [-0.4, -0.2) is 23.4 Å². The molecule has 0 atom stereocenters. The minimum absolute atomic E-state index is 0.165. The number of benzene rings is 6. The molecule has 0 N–H and O–H groups in total. The zero-order valence-corrected chi connectivity index (χ0v) is 32.0. The second kappa shape index (κ2) is 20.5. The number of thioether (sulfide) groups is 2. The number of unbranched alkanes of at least 4 members (excludes halogenated alkanes) is 2. The third-order valence-electron chi connectivity index (χ3n) is 8.36. The fraction of sp³-hybridized carbons (Fsp3) is 0.174. The van der Waals surface area contributed by atoms with Gasteiger partial charge in [0.25, 0.3) is 0 Å². The van der Waals surface area contributed by atoms with E-state index >= 15 is 0 Å². The van der Waals surface area contributed by atoms with Crippen LogP contribution in [0.5, 0.6) is 11.5 Å². The van der Waals surface area contributed by atoms with Gasteiger partial charge in [-0.1, -0.05) is 120 Å². The average molecular weight is 755 g/mol. The lowest BCUT2D eigenvalue weighted by atomic mass is 10.1. The SMILES string of the molecule is O=C(CCCCOc1ccc(-c2ccccc2)cc1)Sc1ccc(Sc2ccc(SC(=O)CCCCOc3ccc(-c4ccccc4)cc3)cc2)cc1. The Hall–Kier alpha value is -4.69. The normalized spacial score (nSPS) is 10.9. The smallest absolute Gasteiger partial charge is 0.193 e. The molecule has 4 nitrogen and oxygen atoms in total. The summed E-state index contributed by atoms with van der Waals surface area (Å²) in [5, 5.41) is 0.331. The summed E-state index contributed by atoms with van der Waals surface area (Å²) in [6, 6.07) is 53.0. The van der Waals surface area contributed by atoms with Crippen LogP contribution in [-0.2, 0) is 9.59 Å². The van der Waals surface area contributed by atoms with E-state index in [9.17, 15) is 9.59 Å². The predicted octanol–water partition coefficient (Wildman–Crippen LogP) is 12.9. The van der Waals surface area contributed by atoms with E-state index < -0.39 is 0 Å². The van der Waals surface area contributed by atoms with E-state index in [0.29, 0.717) is 26.1 Å². The van der Waals surface area contributed by atoms with Crippen LogP contribution in [0.1, 0.15) is 38.5 Å². The second-order valence-corrected chi connectivity index (χ2v) is 15.8. The number of carbonyl (C=O) groups excluding carboxylic acids is 2. The predicted molar refractivity (Wildman–Crippen MR) is 221 cm³/mol. The van der Waals surface area contributed by atoms with Crippen molar-refractivity contribution < 1.29 is 19.1 Å². The van der Waals surface area contributed by atoms with E-state index in [2.05, 4.69) is 48.5 Å². The maximum atomic E-state index is 12.6. The molecular formula is C46H42O4S3. The van der Waals surface area contributed by atoms with Crippen LogP contribution >= 0.6 is 35.3 Å². The molecule has 53 heavy (non-hydrogen) atoms. The molecule has 6 aromatic carbocycles. The highest BCUT2D eigenvalue weighted by molar-refractivity contribution is 8.14. The van der Waals surface area contributed by atoms with E-state index in [4.69, 9.17) is 9.47 Å². The molecule has 0 aliphatic rings. The quantitative estimate of drug-likeness (QED) is 0.0639. The number of hydrogen-bond acceptors (Lipinski definition) is 7. The number of ether oxygens (including phenoxy) is 2. The van der Waals surface area contributed by atoms with Crippen LogP contribution < -0.4 is 9.47 Å². The number of carbonyl (C=O) groups is 2. The van der Waals surface area contributed by atoms with Gasteiger partial charge in [0.1, 0.15) is 11.5 Å². The van der Waals surface area contributed by atoms with Crippen LogP contribution in [0.2, 0.25) is 0 Å². The second-order valence-electron chi connectivity index (χ2n) is 12.4. The van der Waals surface area contributed by atoms with E-state index in [1.165, 1.54) is 34.7 Å². The lowest BCUT2D eigenvalue weighted by Crippen LogP contribution is -1.99. The lowest BCUT2D eigenvalue weighted by Gasteiger charge is -2.08. The van der Waals surface area contributed by atoms with Crippen molar-refractivity contribution in [2.75, 3.05) is 13.2 Å². The molecule has 7 heteroatoms. The molecule has 0 saturated heterocycles. The van der Waals surface area contributed by atoms with Gasteiger partial charge < -0.3 is 9.47 Å². The Morgan fingerprint density at radius 2 is 0.717 bits per heavy atom. The van der Waals surface area contributed by atoms with E-state index in [-0.39, 0.29) is 10.2 Å². The maximum absolute atomic E-state index is 12.6. The van der Waals surface area contributed by atoms with Crippen molar-refractivity contribution in [3.05, 3.63) is 158 Å². The van der Waals surface area contributed by atoms with Gasteiger partial charge in [0.05, 0.1) is 13.2 Å². The van der Waals surface area contributed by atoms with E-state index in [1.807, 2.05) is 109 Å². The first-order chi connectivity index (χ1) is 26.1. The molecule has 6 rings (SSSR count). The summed E-state index contributed by atoms with van der Waals surface area (Å²) in [5.74, 6) is 1.69. The first-order valence-electron chi connectivity index (χ1n) is 17.9. The van der Waals surface area contributed by atoms with Gasteiger partial charge in [-0.15, -0.1) is 0 Å². The number of rotatable bonds is 18. The molecule has 0 aromatic heterocycles. The maximum Gasteiger partial charge on any atom is 0.193 e. The van der Waals surface area contributed by atoms with E-state index in [1.54, 1.807) is 11.8 Å². The number of hydrogen-bond donors (Lipinski definition) is 0. The van der Waals surface area contributed by atoms with Gasteiger partial charge in [-0.05, 0) is 121 Å². The van der Waals surface area contributed by atoms with Gasteiger partial charge in [0.15, 0.2) is 10.2 Å². The minimum atomic E-state index is 0.165. The zero-order valence-electron chi connectivity index (χ0n) is 29.5. The fourth-order valence-electron chi connectivity index (χ4n) is 5.52. The van der Waals surface area contributed by atoms with Gasteiger partial charge in [0, 0.05) is 32.4 Å². The summed E-state index contributed by atoms with van der Waals surface area (Å²) >= 11 is 4.25. The third-order valence-corrected chi connectivity index (χ3v) is 11.3. The van der Waals surface area contributed by atoms with Crippen molar-refractivity contribution in [3.8, 4) is 33.8 Å². The summed E-state index contributed by atoms with van der Waals surface area (Å²) in [5.41, 5.74) is 4.70. The van der Waals surface area contributed by atoms with Gasteiger partial charge >= 0.3 is 0 Å². The molecule has 6 aromatic rings. The zero-order chi connectivity index (χ0) is 36.5. The Bertz CT molecular complexity index is 1850. The molecule has 0 saturated carbocycles. The van der Waals surface area contributed by atoms with Crippen molar-refractivity contribution in [3.63, 3.8) is 0 Å². The molecule has 0 unspecified atom stereocenters. The van der Waals surface area contributed by atoms with Crippen molar-refractivity contribution in [2.24, 2.45) is 0 Å². The summed E-state index contributed by atoms with van der Waals surface area (Å²) in [4.78, 5) is 29.2. The third kappa shape index (κ3) is 12.7. The summed E-state index contributed by atoms with van der Waals surface area (Å²) in [6.45, 7) is 1.18. The van der Waals surface area contributed by atoms with Crippen molar-refractivity contribution in [1.29, 1.82) is 0 Å². The Kier molecular flexibility index (Phi) is 14.7. The Morgan fingerprint density at radius 3 is 1.09 bits per heavy atom. The van der Waals surface area contributed by atoms with Gasteiger partial charge in [-0.2, -0.15) is 0 Å². The molecular weight excluding hydrogens is 713 g/mol. The molecule has 268 valence electrons. The van der Waals surface area contributed by atoms with Crippen LogP contribution in [0.3, 0.4) is 0 Å². The molecule has 0 bridgehead atoms. The van der Waals surface area contributed by atoms with Crippen LogP contribution in [0, 0.1) is 0 Å². The largest absolute Gasteiger partial charge is 0.494 e. The van der Waals surface area contributed by atoms with Crippen molar-refractivity contribution >= 4 is 45.5 Å². The summed E-state index contributed by atoms with van der Waals surface area (Å²) < 4.78 is 11.8. The minimum Gasteiger partial charge on any atom is -0.494 e. The Morgan fingerprint density at radius 1 is 0.377 bits per heavy atom. The van der Waals surface area contributed by atoms with Gasteiger partial charge in [-0.3, -0.25) is 9.59 Å². The molecule has 0 spiro atoms. The molecule has 0 fully saturated rings. The topological polar surface area (TPSA) is 52.6 Å². The standard InChI is InChI=1S/C46H42O4S3/c47-45(15-7-9-33-49-39-21-17-37(18-22-39)35-11-3-1-4-12-35)52-43-29-25-41(26-30-43)51-42-27-31-44(32-28-42)53-46(48)16-8-10-34-50-40-23-19-38(20-24-40)36-13-5-2-6-14-36/h1-6,11-14,17-32H,7-10,15-16,33-34H2.